The van der Waals surface area contributed by atoms with Gasteiger partial charge in [0.2, 0.25) is 0 Å². The summed E-state index contributed by atoms with van der Waals surface area (Å²) in [6.07, 6.45) is 6.43. The van der Waals surface area contributed by atoms with E-state index in [4.69, 9.17) is 23.2 Å². The van der Waals surface area contributed by atoms with Gasteiger partial charge in [0.25, 0.3) is 5.91 Å². The summed E-state index contributed by atoms with van der Waals surface area (Å²) < 4.78 is 0. The molecule has 0 unspecified atom stereocenters. The second-order valence-electron chi connectivity index (χ2n) is 4.92. The van der Waals surface area contributed by atoms with Gasteiger partial charge in [0.05, 0.1) is 22.3 Å². The highest BCUT2D eigenvalue weighted by Gasteiger charge is 2.31. The molecule has 1 aliphatic rings. The van der Waals surface area contributed by atoms with Gasteiger partial charge < -0.3 is 4.90 Å². The summed E-state index contributed by atoms with van der Waals surface area (Å²) in [7, 11) is 0. The number of aromatic nitrogens is 2. The van der Waals surface area contributed by atoms with Gasteiger partial charge in [0.15, 0.2) is 0 Å². The first kappa shape index (κ1) is 14.3. The highest BCUT2D eigenvalue weighted by Crippen LogP contribution is 2.35. The molecule has 0 saturated carbocycles. The van der Waals surface area contributed by atoms with E-state index in [1.54, 1.807) is 12.3 Å². The summed E-state index contributed by atoms with van der Waals surface area (Å²) in [5, 5.41) is 1.03. The summed E-state index contributed by atoms with van der Waals surface area (Å²) in [5.41, 5.74) is 1.36. The minimum Gasteiger partial charge on any atom is -0.330 e. The lowest BCUT2D eigenvalue weighted by molar-refractivity contribution is 0.0729. The lowest BCUT2D eigenvalue weighted by Crippen LogP contribution is -2.31. The number of benzene rings is 1. The van der Waals surface area contributed by atoms with Gasteiger partial charge in [0, 0.05) is 18.9 Å². The molecule has 1 fully saturated rings. The SMILES string of the molecule is O=C(c1cnccn1)N1CCC[C@@H]1c1ccc(Cl)c(Cl)c1. The average molecular weight is 322 g/mol. The quantitative estimate of drug-likeness (QED) is 0.846. The fourth-order valence-corrected chi connectivity index (χ4v) is 2.94. The van der Waals surface area contributed by atoms with Crippen molar-refractivity contribution < 1.29 is 4.79 Å². The molecule has 108 valence electrons. The van der Waals surface area contributed by atoms with Gasteiger partial charge in [-0.25, -0.2) is 4.98 Å². The third kappa shape index (κ3) is 2.87. The highest BCUT2D eigenvalue weighted by atomic mass is 35.5. The summed E-state index contributed by atoms with van der Waals surface area (Å²) in [5.74, 6) is -0.100. The van der Waals surface area contributed by atoms with Crippen molar-refractivity contribution in [2.45, 2.75) is 18.9 Å². The summed E-state index contributed by atoms with van der Waals surface area (Å²) >= 11 is 12.0. The highest BCUT2D eigenvalue weighted by molar-refractivity contribution is 6.42. The van der Waals surface area contributed by atoms with Gasteiger partial charge in [-0.3, -0.25) is 9.78 Å². The zero-order chi connectivity index (χ0) is 14.8. The van der Waals surface area contributed by atoms with E-state index in [0.29, 0.717) is 22.3 Å². The van der Waals surface area contributed by atoms with E-state index < -0.39 is 0 Å². The molecular weight excluding hydrogens is 309 g/mol. The van der Waals surface area contributed by atoms with Crippen molar-refractivity contribution in [3.8, 4) is 0 Å². The molecule has 0 N–H and O–H groups in total. The molecule has 1 atom stereocenters. The lowest BCUT2D eigenvalue weighted by Gasteiger charge is -2.25. The summed E-state index contributed by atoms with van der Waals surface area (Å²) in [6, 6.07) is 5.52. The van der Waals surface area contributed by atoms with Crippen LogP contribution in [0.15, 0.2) is 36.8 Å². The third-order valence-electron chi connectivity index (χ3n) is 3.62. The van der Waals surface area contributed by atoms with Gasteiger partial charge in [-0.15, -0.1) is 0 Å². The van der Waals surface area contributed by atoms with Crippen LogP contribution in [0.1, 0.15) is 34.9 Å². The Hall–Kier alpha value is -1.65. The molecular formula is C15H13Cl2N3O. The molecule has 0 spiro atoms. The molecule has 1 amide bonds. The van der Waals surface area contributed by atoms with E-state index in [-0.39, 0.29) is 11.9 Å². The number of halogens is 2. The van der Waals surface area contributed by atoms with Crippen LogP contribution in [0.3, 0.4) is 0 Å². The van der Waals surface area contributed by atoms with E-state index in [1.165, 1.54) is 12.4 Å². The molecule has 0 aliphatic carbocycles. The standard InChI is InChI=1S/C15H13Cl2N3O/c16-11-4-3-10(8-12(11)17)14-2-1-7-20(14)15(21)13-9-18-5-6-19-13/h3-6,8-9,14H,1-2,7H2/t14-/m1/s1. The largest absolute Gasteiger partial charge is 0.330 e. The maximum absolute atomic E-state index is 12.5. The van der Waals surface area contributed by atoms with Crippen LogP contribution in [0.5, 0.6) is 0 Å². The molecule has 6 heteroatoms. The molecule has 21 heavy (non-hydrogen) atoms. The van der Waals surface area contributed by atoms with E-state index in [2.05, 4.69) is 9.97 Å². The van der Waals surface area contributed by atoms with Crippen LogP contribution in [0.25, 0.3) is 0 Å². The Morgan fingerprint density at radius 1 is 1.24 bits per heavy atom. The zero-order valence-corrected chi connectivity index (χ0v) is 12.7. The number of hydrogen-bond donors (Lipinski definition) is 0. The Morgan fingerprint density at radius 2 is 2.10 bits per heavy atom. The molecule has 3 rings (SSSR count). The number of carbonyl (C=O) groups excluding carboxylic acids is 1. The Morgan fingerprint density at radius 3 is 2.81 bits per heavy atom. The first-order valence-corrected chi connectivity index (χ1v) is 7.44. The number of carbonyl (C=O) groups is 1. The van der Waals surface area contributed by atoms with Crippen molar-refractivity contribution in [1.29, 1.82) is 0 Å². The van der Waals surface area contributed by atoms with E-state index in [1.807, 2.05) is 17.0 Å². The van der Waals surface area contributed by atoms with Crippen molar-refractivity contribution in [2.75, 3.05) is 6.54 Å². The molecule has 4 nitrogen and oxygen atoms in total. The number of likely N-dealkylation sites (tertiary alicyclic amines) is 1. The molecule has 1 aliphatic heterocycles. The molecule has 2 heterocycles. The molecule has 1 aromatic carbocycles. The predicted octanol–water partition coefficient (Wildman–Crippen LogP) is 3.76. The summed E-state index contributed by atoms with van der Waals surface area (Å²) in [6.45, 7) is 0.709. The van der Waals surface area contributed by atoms with Crippen molar-refractivity contribution in [1.82, 2.24) is 14.9 Å². The Labute approximate surface area is 132 Å². The van der Waals surface area contributed by atoms with Crippen LogP contribution in [0.4, 0.5) is 0 Å². The Balaban J connectivity index is 1.88. The summed E-state index contributed by atoms with van der Waals surface area (Å²) in [4.78, 5) is 22.4. The maximum Gasteiger partial charge on any atom is 0.274 e. The molecule has 0 radical (unpaired) electrons. The topological polar surface area (TPSA) is 46.1 Å². The zero-order valence-electron chi connectivity index (χ0n) is 11.2. The van der Waals surface area contributed by atoms with Gasteiger partial charge in [-0.05, 0) is 30.5 Å². The smallest absolute Gasteiger partial charge is 0.274 e. The van der Waals surface area contributed by atoms with Gasteiger partial charge >= 0.3 is 0 Å². The number of nitrogens with zero attached hydrogens (tertiary/aromatic N) is 3. The molecule has 0 bridgehead atoms. The first-order chi connectivity index (χ1) is 10.2. The van der Waals surface area contributed by atoms with E-state index >= 15 is 0 Å². The van der Waals surface area contributed by atoms with Crippen molar-refractivity contribution in [3.05, 3.63) is 58.1 Å². The van der Waals surface area contributed by atoms with Crippen LogP contribution in [0, 0.1) is 0 Å². The van der Waals surface area contributed by atoms with Crippen LogP contribution in [-0.4, -0.2) is 27.3 Å². The third-order valence-corrected chi connectivity index (χ3v) is 4.36. The fourth-order valence-electron chi connectivity index (χ4n) is 2.63. The Bertz CT molecular complexity index is 663. The fraction of sp³-hybridized carbons (Fsp3) is 0.267. The van der Waals surface area contributed by atoms with Gasteiger partial charge in [-0.2, -0.15) is 0 Å². The molecule has 1 aromatic heterocycles. The van der Waals surface area contributed by atoms with Crippen LogP contribution in [0.2, 0.25) is 10.0 Å². The number of rotatable bonds is 2. The van der Waals surface area contributed by atoms with E-state index in [9.17, 15) is 4.79 Å². The maximum atomic E-state index is 12.5. The second-order valence-corrected chi connectivity index (χ2v) is 5.74. The normalized spacial score (nSPS) is 18.0. The Kier molecular flexibility index (Phi) is 4.08. The number of hydrogen-bond acceptors (Lipinski definition) is 3. The predicted molar refractivity (Wildman–Crippen MR) is 81.5 cm³/mol. The minimum atomic E-state index is -0.100. The van der Waals surface area contributed by atoms with Crippen LogP contribution < -0.4 is 0 Å². The first-order valence-electron chi connectivity index (χ1n) is 6.69. The molecule has 2 aromatic rings. The van der Waals surface area contributed by atoms with Crippen LogP contribution in [-0.2, 0) is 0 Å². The monoisotopic (exact) mass is 321 g/mol. The van der Waals surface area contributed by atoms with Crippen molar-refractivity contribution in [3.63, 3.8) is 0 Å². The number of amides is 1. The second kappa shape index (κ2) is 6.00. The van der Waals surface area contributed by atoms with E-state index in [0.717, 1.165) is 18.4 Å². The van der Waals surface area contributed by atoms with Crippen molar-refractivity contribution >= 4 is 29.1 Å². The average Bonchev–Trinajstić information content (AvgIpc) is 2.99. The van der Waals surface area contributed by atoms with Gasteiger partial charge in [-0.1, -0.05) is 29.3 Å². The minimum absolute atomic E-state index is 0.00859. The molecule has 1 saturated heterocycles. The van der Waals surface area contributed by atoms with Crippen LogP contribution >= 0.6 is 23.2 Å². The van der Waals surface area contributed by atoms with Gasteiger partial charge in [0.1, 0.15) is 5.69 Å². The van der Waals surface area contributed by atoms with Crippen molar-refractivity contribution in [2.24, 2.45) is 0 Å². The lowest BCUT2D eigenvalue weighted by atomic mass is 10.0.